The van der Waals surface area contributed by atoms with Crippen molar-refractivity contribution in [3.05, 3.63) is 47.9 Å². The third-order valence-electron chi connectivity index (χ3n) is 6.67. The predicted octanol–water partition coefficient (Wildman–Crippen LogP) is 5.25. The Morgan fingerprint density at radius 2 is 2.00 bits per heavy atom. The van der Waals surface area contributed by atoms with E-state index in [4.69, 9.17) is 9.47 Å². The SMILES string of the molecule is COc1cc2c(Nc3ccc4[nH]c(C)c(C)c4c3)ncnc2cc1OCCCC1CCNC1. The molecule has 1 fully saturated rings. The van der Waals surface area contributed by atoms with Gasteiger partial charge in [-0.3, -0.25) is 0 Å². The molecule has 0 saturated carbocycles. The minimum absolute atomic E-state index is 0.671. The number of aryl methyl sites for hydroxylation is 2. The van der Waals surface area contributed by atoms with Crippen LogP contribution in [0.1, 0.15) is 30.5 Å². The lowest BCUT2D eigenvalue weighted by Crippen LogP contribution is -2.10. The molecule has 1 aliphatic rings. The monoisotopic (exact) mass is 445 g/mol. The molecular formula is C26H31N5O2. The summed E-state index contributed by atoms with van der Waals surface area (Å²) in [5, 5.41) is 8.98. The van der Waals surface area contributed by atoms with Gasteiger partial charge in [0, 0.05) is 33.7 Å². The van der Waals surface area contributed by atoms with E-state index in [0.29, 0.717) is 12.4 Å². The van der Waals surface area contributed by atoms with Crippen molar-refractivity contribution in [3.63, 3.8) is 0 Å². The van der Waals surface area contributed by atoms with Crippen molar-refractivity contribution in [2.45, 2.75) is 33.1 Å². The van der Waals surface area contributed by atoms with E-state index in [9.17, 15) is 0 Å². The number of nitrogens with one attached hydrogen (secondary N) is 3. The number of anilines is 2. The van der Waals surface area contributed by atoms with Gasteiger partial charge in [-0.05, 0) is 81.9 Å². The highest BCUT2D eigenvalue weighted by molar-refractivity contribution is 5.94. The van der Waals surface area contributed by atoms with Gasteiger partial charge in [0.2, 0.25) is 0 Å². The Hall–Kier alpha value is -3.32. The minimum atomic E-state index is 0.671. The Bertz CT molecular complexity index is 1280. The molecule has 1 aliphatic heterocycles. The molecule has 172 valence electrons. The number of aromatic nitrogens is 3. The standard InChI is InChI=1S/C26H31N5O2/c1-16-17(2)30-22-7-6-19(11-20(16)22)31-26-21-12-24(32-3)25(13-23(21)28-15-29-26)33-10-4-5-18-8-9-27-14-18/h6-7,11-13,15,18,27,30H,4-5,8-10,14H2,1-3H3,(H,28,29,31). The molecular weight excluding hydrogens is 414 g/mol. The normalized spacial score (nSPS) is 15.9. The molecule has 5 rings (SSSR count). The molecule has 0 aliphatic carbocycles. The van der Waals surface area contributed by atoms with Crippen LogP contribution in [0.4, 0.5) is 11.5 Å². The van der Waals surface area contributed by atoms with Crippen LogP contribution in [0.3, 0.4) is 0 Å². The summed E-state index contributed by atoms with van der Waals surface area (Å²) in [6.45, 7) is 7.16. The minimum Gasteiger partial charge on any atom is -0.493 e. The molecule has 0 amide bonds. The highest BCUT2D eigenvalue weighted by Crippen LogP contribution is 2.35. The topological polar surface area (TPSA) is 84.1 Å². The van der Waals surface area contributed by atoms with Gasteiger partial charge < -0.3 is 25.1 Å². The number of nitrogens with zero attached hydrogens (tertiary/aromatic N) is 2. The number of H-pyrrole nitrogens is 1. The second-order valence-corrected chi connectivity index (χ2v) is 8.85. The van der Waals surface area contributed by atoms with E-state index in [0.717, 1.165) is 59.1 Å². The van der Waals surface area contributed by atoms with E-state index in [-0.39, 0.29) is 0 Å². The summed E-state index contributed by atoms with van der Waals surface area (Å²) < 4.78 is 11.7. The number of hydrogen-bond acceptors (Lipinski definition) is 6. The molecule has 7 heteroatoms. The smallest absolute Gasteiger partial charge is 0.163 e. The summed E-state index contributed by atoms with van der Waals surface area (Å²) in [6.07, 6.45) is 5.06. The van der Waals surface area contributed by atoms with Crippen molar-refractivity contribution in [3.8, 4) is 11.5 Å². The fraction of sp³-hybridized carbons (Fsp3) is 0.385. The molecule has 2 aromatic heterocycles. The van der Waals surface area contributed by atoms with Crippen LogP contribution in [-0.2, 0) is 0 Å². The van der Waals surface area contributed by atoms with Crippen molar-refractivity contribution >= 4 is 33.3 Å². The van der Waals surface area contributed by atoms with Gasteiger partial charge in [0.25, 0.3) is 0 Å². The Kier molecular flexibility index (Phi) is 6.05. The van der Waals surface area contributed by atoms with Crippen molar-refractivity contribution in [2.24, 2.45) is 5.92 Å². The fourth-order valence-corrected chi connectivity index (χ4v) is 4.63. The van der Waals surface area contributed by atoms with Crippen LogP contribution in [0.2, 0.25) is 0 Å². The number of benzene rings is 2. The van der Waals surface area contributed by atoms with Crippen molar-refractivity contribution in [1.29, 1.82) is 0 Å². The Morgan fingerprint density at radius 3 is 2.82 bits per heavy atom. The second-order valence-electron chi connectivity index (χ2n) is 8.85. The maximum Gasteiger partial charge on any atom is 0.163 e. The molecule has 1 atom stereocenters. The summed E-state index contributed by atoms with van der Waals surface area (Å²) in [7, 11) is 1.67. The van der Waals surface area contributed by atoms with Gasteiger partial charge in [0.15, 0.2) is 11.5 Å². The average molecular weight is 446 g/mol. The maximum absolute atomic E-state index is 6.09. The molecule has 0 bridgehead atoms. The molecule has 3 heterocycles. The number of hydrogen-bond donors (Lipinski definition) is 3. The molecule has 33 heavy (non-hydrogen) atoms. The predicted molar refractivity (Wildman–Crippen MR) is 133 cm³/mol. The number of ether oxygens (including phenoxy) is 2. The first kappa shape index (κ1) is 21.5. The Morgan fingerprint density at radius 1 is 1.09 bits per heavy atom. The van der Waals surface area contributed by atoms with Gasteiger partial charge in [-0.1, -0.05) is 0 Å². The van der Waals surface area contributed by atoms with E-state index in [1.54, 1.807) is 13.4 Å². The summed E-state index contributed by atoms with van der Waals surface area (Å²) in [5.41, 5.74) is 5.37. The lowest BCUT2D eigenvalue weighted by molar-refractivity contribution is 0.278. The summed E-state index contributed by atoms with van der Waals surface area (Å²) in [6, 6.07) is 10.2. The van der Waals surface area contributed by atoms with Crippen LogP contribution in [0, 0.1) is 19.8 Å². The largest absolute Gasteiger partial charge is 0.493 e. The highest BCUT2D eigenvalue weighted by atomic mass is 16.5. The highest BCUT2D eigenvalue weighted by Gasteiger charge is 2.15. The fourth-order valence-electron chi connectivity index (χ4n) is 4.63. The van der Waals surface area contributed by atoms with Crippen LogP contribution in [-0.4, -0.2) is 41.8 Å². The zero-order valence-corrected chi connectivity index (χ0v) is 19.5. The molecule has 4 aromatic rings. The summed E-state index contributed by atoms with van der Waals surface area (Å²) in [4.78, 5) is 12.4. The van der Waals surface area contributed by atoms with E-state index in [1.807, 2.05) is 12.1 Å². The number of fused-ring (bicyclic) bond motifs is 2. The third-order valence-corrected chi connectivity index (χ3v) is 6.67. The van der Waals surface area contributed by atoms with Crippen LogP contribution in [0.5, 0.6) is 11.5 Å². The third kappa shape index (κ3) is 4.46. The number of rotatable bonds is 8. The molecule has 1 saturated heterocycles. The zero-order valence-electron chi connectivity index (χ0n) is 19.5. The van der Waals surface area contributed by atoms with Crippen molar-refractivity contribution in [2.75, 3.05) is 32.1 Å². The van der Waals surface area contributed by atoms with Crippen LogP contribution < -0.4 is 20.1 Å². The van der Waals surface area contributed by atoms with Gasteiger partial charge >= 0.3 is 0 Å². The first-order valence-electron chi connectivity index (χ1n) is 11.6. The molecule has 2 aromatic carbocycles. The van der Waals surface area contributed by atoms with Crippen molar-refractivity contribution in [1.82, 2.24) is 20.3 Å². The lowest BCUT2D eigenvalue weighted by atomic mass is 10.0. The van der Waals surface area contributed by atoms with Crippen LogP contribution >= 0.6 is 0 Å². The number of methoxy groups -OCH3 is 1. The second kappa shape index (κ2) is 9.27. The van der Waals surface area contributed by atoms with Gasteiger partial charge in [0.05, 0.1) is 19.2 Å². The average Bonchev–Trinajstić information content (AvgIpc) is 3.44. The van der Waals surface area contributed by atoms with Crippen LogP contribution in [0.15, 0.2) is 36.7 Å². The number of aromatic amines is 1. The first-order valence-corrected chi connectivity index (χ1v) is 11.6. The van der Waals surface area contributed by atoms with Gasteiger partial charge in [-0.15, -0.1) is 0 Å². The maximum atomic E-state index is 6.09. The molecule has 3 N–H and O–H groups in total. The lowest BCUT2D eigenvalue weighted by Gasteiger charge is -2.14. The zero-order chi connectivity index (χ0) is 22.8. The molecule has 0 radical (unpaired) electrons. The molecule has 1 unspecified atom stereocenters. The first-order chi connectivity index (χ1) is 16.1. The molecule has 0 spiro atoms. The quantitative estimate of drug-likeness (QED) is 0.321. The van der Waals surface area contributed by atoms with Crippen LogP contribution in [0.25, 0.3) is 21.8 Å². The van der Waals surface area contributed by atoms with E-state index in [2.05, 4.69) is 57.6 Å². The summed E-state index contributed by atoms with van der Waals surface area (Å²) in [5.74, 6) is 2.92. The van der Waals surface area contributed by atoms with E-state index >= 15 is 0 Å². The van der Waals surface area contributed by atoms with E-state index < -0.39 is 0 Å². The van der Waals surface area contributed by atoms with Crippen molar-refractivity contribution < 1.29 is 9.47 Å². The summed E-state index contributed by atoms with van der Waals surface area (Å²) >= 11 is 0. The molecule has 7 nitrogen and oxygen atoms in total. The Balaban J connectivity index is 1.37. The van der Waals surface area contributed by atoms with Gasteiger partial charge in [-0.25, -0.2) is 9.97 Å². The van der Waals surface area contributed by atoms with Gasteiger partial charge in [-0.2, -0.15) is 0 Å². The van der Waals surface area contributed by atoms with E-state index in [1.165, 1.54) is 29.5 Å². The van der Waals surface area contributed by atoms with Gasteiger partial charge in [0.1, 0.15) is 12.1 Å². The Labute approximate surface area is 193 Å².